The minimum absolute atomic E-state index is 0.700. The molecule has 76 valence electrons. The van der Waals surface area contributed by atoms with Gasteiger partial charge in [0.1, 0.15) is 0 Å². The Balaban J connectivity index is 1.80. The average Bonchev–Trinajstić information content (AvgIpc) is 2.75. The van der Waals surface area contributed by atoms with E-state index in [4.69, 9.17) is 0 Å². The molecule has 1 aromatic heterocycles. The fourth-order valence-corrected chi connectivity index (χ4v) is 3.11. The maximum atomic E-state index is 4.14. The summed E-state index contributed by atoms with van der Waals surface area (Å²) in [5.74, 6) is 0. The molecule has 14 heavy (non-hydrogen) atoms. The van der Waals surface area contributed by atoms with E-state index in [0.717, 1.165) is 12.1 Å². The molecule has 2 fully saturated rings. The van der Waals surface area contributed by atoms with E-state index in [1.807, 2.05) is 12.5 Å². The minimum Gasteiger partial charge on any atom is -0.334 e. The third-order valence-corrected chi connectivity index (χ3v) is 4.02. The lowest BCUT2D eigenvalue weighted by atomic mass is 9.98. The van der Waals surface area contributed by atoms with Gasteiger partial charge >= 0.3 is 0 Å². The van der Waals surface area contributed by atoms with Crippen LogP contribution in [0.1, 0.15) is 31.7 Å². The van der Waals surface area contributed by atoms with Crippen LogP contribution >= 0.6 is 0 Å². The van der Waals surface area contributed by atoms with E-state index in [-0.39, 0.29) is 0 Å². The molecule has 0 amide bonds. The van der Waals surface area contributed by atoms with Gasteiger partial charge in [0.15, 0.2) is 0 Å². The molecule has 0 radical (unpaired) electrons. The maximum Gasteiger partial charge on any atom is 0.0948 e. The maximum absolute atomic E-state index is 4.14. The predicted octanol–water partition coefficient (Wildman–Crippen LogP) is 1.68. The molecule has 3 heteroatoms. The average molecular weight is 191 g/mol. The molecule has 0 N–H and O–H groups in total. The third-order valence-electron chi connectivity index (χ3n) is 4.02. The molecule has 2 atom stereocenters. The van der Waals surface area contributed by atoms with Crippen molar-refractivity contribution in [3.63, 3.8) is 0 Å². The Morgan fingerprint density at radius 3 is 2.43 bits per heavy atom. The van der Waals surface area contributed by atoms with Crippen LogP contribution in [0.3, 0.4) is 0 Å². The van der Waals surface area contributed by atoms with Gasteiger partial charge in [-0.3, -0.25) is 0 Å². The third kappa shape index (κ3) is 1.19. The summed E-state index contributed by atoms with van der Waals surface area (Å²) in [5, 5.41) is 0. The molecule has 2 aliphatic heterocycles. The first-order valence-corrected chi connectivity index (χ1v) is 5.54. The monoisotopic (exact) mass is 191 g/mol. The Labute approximate surface area is 84.7 Å². The molecule has 2 unspecified atom stereocenters. The predicted molar refractivity (Wildman–Crippen MR) is 55.1 cm³/mol. The summed E-state index contributed by atoms with van der Waals surface area (Å²) in [6, 6.07) is 2.34. The van der Waals surface area contributed by atoms with E-state index in [2.05, 4.69) is 27.7 Å². The van der Waals surface area contributed by atoms with E-state index in [1.54, 1.807) is 0 Å². The number of fused-ring (bicyclic) bond motifs is 2. The van der Waals surface area contributed by atoms with Gasteiger partial charge in [-0.2, -0.15) is 0 Å². The number of rotatable bonds is 1. The van der Waals surface area contributed by atoms with Crippen molar-refractivity contribution < 1.29 is 0 Å². The Kier molecular flexibility index (Phi) is 1.87. The zero-order valence-corrected chi connectivity index (χ0v) is 8.63. The van der Waals surface area contributed by atoms with Crippen molar-refractivity contribution in [2.45, 2.75) is 43.8 Å². The molecule has 0 saturated carbocycles. The van der Waals surface area contributed by atoms with E-state index in [0.29, 0.717) is 6.04 Å². The van der Waals surface area contributed by atoms with Crippen molar-refractivity contribution in [3.8, 4) is 0 Å². The number of aromatic nitrogens is 2. The number of hydrogen-bond acceptors (Lipinski definition) is 2. The van der Waals surface area contributed by atoms with Crippen LogP contribution in [0.5, 0.6) is 0 Å². The molecule has 3 rings (SSSR count). The summed E-state index contributed by atoms with van der Waals surface area (Å²) in [4.78, 5) is 6.71. The molecule has 3 nitrogen and oxygen atoms in total. The van der Waals surface area contributed by atoms with Crippen LogP contribution in [-0.2, 0) is 0 Å². The highest BCUT2D eigenvalue weighted by Gasteiger charge is 2.38. The largest absolute Gasteiger partial charge is 0.334 e. The van der Waals surface area contributed by atoms with Gasteiger partial charge in [-0.15, -0.1) is 0 Å². The van der Waals surface area contributed by atoms with E-state index in [9.17, 15) is 0 Å². The summed E-state index contributed by atoms with van der Waals surface area (Å²) in [5.41, 5.74) is 0. The zero-order chi connectivity index (χ0) is 9.54. The van der Waals surface area contributed by atoms with Crippen molar-refractivity contribution in [2.75, 3.05) is 7.05 Å². The highest BCUT2D eigenvalue weighted by atomic mass is 15.2. The molecule has 2 bridgehead atoms. The topological polar surface area (TPSA) is 21.1 Å². The van der Waals surface area contributed by atoms with Crippen molar-refractivity contribution in [1.82, 2.24) is 14.5 Å². The molecule has 0 aliphatic carbocycles. The Bertz CT molecular complexity index is 292. The molecular weight excluding hydrogens is 174 g/mol. The first kappa shape index (κ1) is 8.48. The lowest BCUT2D eigenvalue weighted by Crippen LogP contribution is -2.40. The first-order valence-electron chi connectivity index (χ1n) is 5.54. The number of hydrogen-bond donors (Lipinski definition) is 0. The highest BCUT2D eigenvalue weighted by molar-refractivity contribution is 4.96. The molecule has 2 aliphatic rings. The summed E-state index contributed by atoms with van der Waals surface area (Å²) in [7, 11) is 2.28. The lowest BCUT2D eigenvalue weighted by molar-refractivity contribution is 0.137. The van der Waals surface area contributed by atoms with E-state index in [1.165, 1.54) is 25.7 Å². The van der Waals surface area contributed by atoms with Crippen molar-refractivity contribution in [1.29, 1.82) is 0 Å². The van der Waals surface area contributed by atoms with Crippen molar-refractivity contribution >= 4 is 0 Å². The Hall–Kier alpha value is -0.830. The molecule has 2 saturated heterocycles. The van der Waals surface area contributed by atoms with Gasteiger partial charge in [0, 0.05) is 30.5 Å². The minimum atomic E-state index is 0.700. The van der Waals surface area contributed by atoms with E-state index < -0.39 is 0 Å². The number of nitrogens with zero attached hydrogens (tertiary/aromatic N) is 3. The highest BCUT2D eigenvalue weighted by Crippen LogP contribution is 2.39. The standard InChI is InChI=1S/C11H17N3/c1-13-9-2-3-10(13)7-11(6-9)14-5-4-12-8-14/h4-5,8-11H,2-3,6-7H2,1H3. The van der Waals surface area contributed by atoms with Gasteiger partial charge in [-0.1, -0.05) is 0 Å². The van der Waals surface area contributed by atoms with Crippen LogP contribution in [0.15, 0.2) is 18.7 Å². The SMILES string of the molecule is CN1C2CCC1CC(n1ccnc1)C2. The van der Waals surface area contributed by atoms with Crippen LogP contribution in [0, 0.1) is 0 Å². The first-order chi connectivity index (χ1) is 6.84. The summed E-state index contributed by atoms with van der Waals surface area (Å²) < 4.78 is 2.29. The zero-order valence-electron chi connectivity index (χ0n) is 8.63. The Morgan fingerprint density at radius 2 is 1.86 bits per heavy atom. The smallest absolute Gasteiger partial charge is 0.0948 e. The second kappa shape index (κ2) is 3.09. The van der Waals surface area contributed by atoms with Gasteiger partial charge in [-0.05, 0) is 32.7 Å². The molecule has 0 spiro atoms. The van der Waals surface area contributed by atoms with Gasteiger partial charge in [0.05, 0.1) is 6.33 Å². The quantitative estimate of drug-likeness (QED) is 0.673. The van der Waals surface area contributed by atoms with Gasteiger partial charge < -0.3 is 9.47 Å². The number of piperidine rings is 1. The van der Waals surface area contributed by atoms with Crippen LogP contribution in [0.25, 0.3) is 0 Å². The van der Waals surface area contributed by atoms with Crippen LogP contribution in [0.4, 0.5) is 0 Å². The molecule has 1 aromatic rings. The molecular formula is C11H17N3. The molecule has 0 aromatic carbocycles. The second-order valence-corrected chi connectivity index (χ2v) is 4.69. The normalized spacial score (nSPS) is 37.6. The fourth-order valence-electron chi connectivity index (χ4n) is 3.11. The van der Waals surface area contributed by atoms with E-state index >= 15 is 0 Å². The lowest BCUT2D eigenvalue weighted by Gasteiger charge is -2.36. The second-order valence-electron chi connectivity index (χ2n) is 4.69. The number of imidazole rings is 1. The van der Waals surface area contributed by atoms with Gasteiger partial charge in [0.25, 0.3) is 0 Å². The van der Waals surface area contributed by atoms with Crippen LogP contribution < -0.4 is 0 Å². The fraction of sp³-hybridized carbons (Fsp3) is 0.727. The van der Waals surface area contributed by atoms with Crippen molar-refractivity contribution in [2.24, 2.45) is 0 Å². The summed E-state index contributed by atoms with van der Waals surface area (Å²) in [6.07, 6.45) is 11.4. The molecule has 3 heterocycles. The summed E-state index contributed by atoms with van der Waals surface area (Å²) >= 11 is 0. The Morgan fingerprint density at radius 1 is 1.14 bits per heavy atom. The summed E-state index contributed by atoms with van der Waals surface area (Å²) in [6.45, 7) is 0. The van der Waals surface area contributed by atoms with Gasteiger partial charge in [-0.25, -0.2) is 4.98 Å². The van der Waals surface area contributed by atoms with Crippen LogP contribution in [-0.4, -0.2) is 33.6 Å². The van der Waals surface area contributed by atoms with Gasteiger partial charge in [0.2, 0.25) is 0 Å². The van der Waals surface area contributed by atoms with Crippen molar-refractivity contribution in [3.05, 3.63) is 18.7 Å². The van der Waals surface area contributed by atoms with Crippen LogP contribution in [0.2, 0.25) is 0 Å².